The molecule has 0 saturated carbocycles. The molecule has 0 saturated heterocycles. The number of ketones is 1. The summed E-state index contributed by atoms with van der Waals surface area (Å²) in [5.41, 5.74) is 5.24. The third kappa shape index (κ3) is 2.82. The predicted octanol–water partition coefficient (Wildman–Crippen LogP) is 3.10. The molecule has 0 spiro atoms. The number of anilines is 1. The summed E-state index contributed by atoms with van der Waals surface area (Å²) in [7, 11) is 0. The summed E-state index contributed by atoms with van der Waals surface area (Å²) in [5.74, 6) is 0.0391. The lowest BCUT2D eigenvalue weighted by atomic mass is 9.87. The van der Waals surface area contributed by atoms with Gasteiger partial charge in [0.1, 0.15) is 11.4 Å². The molecule has 0 aliphatic heterocycles. The van der Waals surface area contributed by atoms with Crippen LogP contribution in [-0.4, -0.2) is 23.0 Å². The van der Waals surface area contributed by atoms with Gasteiger partial charge in [0, 0.05) is 12.8 Å². The molecule has 4 nitrogen and oxygen atoms in total. The minimum absolute atomic E-state index is 0.151. The maximum Gasteiger partial charge on any atom is 0.198 e. The SMILES string of the molecule is CCOC(CC)(CC)C(=O)c1cc(Cl)cnc1N. The van der Waals surface area contributed by atoms with Crippen molar-refractivity contribution in [2.45, 2.75) is 39.2 Å². The normalized spacial score (nSPS) is 11.6. The Labute approximate surface area is 112 Å². The summed E-state index contributed by atoms with van der Waals surface area (Å²) in [6.45, 7) is 6.19. The fourth-order valence-corrected chi connectivity index (χ4v) is 2.15. The molecule has 1 rings (SSSR count). The van der Waals surface area contributed by atoms with Gasteiger partial charge in [0.25, 0.3) is 0 Å². The second kappa shape index (κ2) is 6.16. The summed E-state index contributed by atoms with van der Waals surface area (Å²) in [4.78, 5) is 16.5. The first-order chi connectivity index (χ1) is 8.50. The number of carbonyl (C=O) groups excluding carboxylic acids is 1. The molecule has 1 aromatic heterocycles. The summed E-state index contributed by atoms with van der Waals surface area (Å²) in [6, 6.07) is 1.55. The molecule has 100 valence electrons. The molecule has 0 unspecified atom stereocenters. The Bertz CT molecular complexity index is 431. The number of nitrogen functional groups attached to an aromatic ring is 1. The van der Waals surface area contributed by atoms with Gasteiger partial charge in [-0.05, 0) is 25.8 Å². The highest BCUT2D eigenvalue weighted by Gasteiger charge is 2.37. The number of Topliss-reactive ketones (excluding diaryl/α,β-unsaturated/α-hetero) is 1. The highest BCUT2D eigenvalue weighted by atomic mass is 35.5. The number of nitrogens with zero attached hydrogens (tertiary/aromatic N) is 1. The molecule has 0 atom stereocenters. The zero-order valence-corrected chi connectivity index (χ0v) is 11.8. The van der Waals surface area contributed by atoms with Gasteiger partial charge in [-0.3, -0.25) is 4.79 Å². The minimum atomic E-state index is -0.838. The summed E-state index contributed by atoms with van der Waals surface area (Å²) >= 11 is 5.86. The van der Waals surface area contributed by atoms with E-state index < -0.39 is 5.60 Å². The summed E-state index contributed by atoms with van der Waals surface area (Å²) < 4.78 is 5.66. The van der Waals surface area contributed by atoms with Gasteiger partial charge in [0.2, 0.25) is 0 Å². The summed E-state index contributed by atoms with van der Waals surface area (Å²) in [5, 5.41) is 0.394. The molecule has 1 aromatic rings. The van der Waals surface area contributed by atoms with Crippen molar-refractivity contribution in [1.29, 1.82) is 0 Å². The molecule has 1 heterocycles. The van der Waals surface area contributed by atoms with Crippen LogP contribution in [0.1, 0.15) is 44.0 Å². The Morgan fingerprint density at radius 3 is 2.56 bits per heavy atom. The lowest BCUT2D eigenvalue weighted by molar-refractivity contribution is -0.0250. The van der Waals surface area contributed by atoms with Gasteiger partial charge in [-0.15, -0.1) is 0 Å². The van der Waals surface area contributed by atoms with E-state index in [0.717, 1.165) is 0 Å². The van der Waals surface area contributed by atoms with Gasteiger partial charge < -0.3 is 10.5 Å². The van der Waals surface area contributed by atoms with Crippen molar-refractivity contribution in [1.82, 2.24) is 4.98 Å². The molecule has 0 aliphatic rings. The third-order valence-electron chi connectivity index (χ3n) is 3.11. The number of halogens is 1. The highest BCUT2D eigenvalue weighted by molar-refractivity contribution is 6.31. The number of hydrogen-bond donors (Lipinski definition) is 1. The molecule has 2 N–H and O–H groups in total. The maximum atomic E-state index is 12.6. The van der Waals surface area contributed by atoms with Gasteiger partial charge in [-0.25, -0.2) is 4.98 Å². The van der Waals surface area contributed by atoms with Crippen molar-refractivity contribution >= 4 is 23.2 Å². The Morgan fingerprint density at radius 2 is 2.06 bits per heavy atom. The molecule has 0 bridgehead atoms. The van der Waals surface area contributed by atoms with E-state index in [1.165, 1.54) is 6.20 Å². The highest BCUT2D eigenvalue weighted by Crippen LogP contribution is 2.28. The first-order valence-corrected chi connectivity index (χ1v) is 6.48. The number of pyridine rings is 1. The predicted molar refractivity (Wildman–Crippen MR) is 72.9 cm³/mol. The van der Waals surface area contributed by atoms with Gasteiger partial charge in [-0.1, -0.05) is 25.4 Å². The van der Waals surface area contributed by atoms with E-state index in [4.69, 9.17) is 22.1 Å². The molecule has 0 radical (unpaired) electrons. The van der Waals surface area contributed by atoms with Crippen LogP contribution in [0.5, 0.6) is 0 Å². The molecule has 0 aliphatic carbocycles. The second-order valence-corrected chi connectivity index (χ2v) is 4.49. The molecule has 5 heteroatoms. The quantitative estimate of drug-likeness (QED) is 0.807. The molecule has 0 amide bonds. The number of hydrogen-bond acceptors (Lipinski definition) is 4. The van der Waals surface area contributed by atoms with E-state index in [1.807, 2.05) is 20.8 Å². The van der Waals surface area contributed by atoms with Crippen LogP contribution in [0.4, 0.5) is 5.82 Å². The van der Waals surface area contributed by atoms with Crippen LogP contribution >= 0.6 is 11.6 Å². The number of rotatable bonds is 6. The van der Waals surface area contributed by atoms with Crippen LogP contribution in [0.25, 0.3) is 0 Å². The van der Waals surface area contributed by atoms with Crippen LogP contribution in [0.2, 0.25) is 5.02 Å². The summed E-state index contributed by atoms with van der Waals surface area (Å²) in [6.07, 6.45) is 2.60. The van der Waals surface area contributed by atoms with Crippen molar-refractivity contribution < 1.29 is 9.53 Å². The molecule has 0 fully saturated rings. The first kappa shape index (κ1) is 14.9. The fraction of sp³-hybridized carbons (Fsp3) is 0.538. The maximum absolute atomic E-state index is 12.6. The second-order valence-electron chi connectivity index (χ2n) is 4.05. The van der Waals surface area contributed by atoms with Crippen LogP contribution in [0.3, 0.4) is 0 Å². The van der Waals surface area contributed by atoms with E-state index in [-0.39, 0.29) is 11.6 Å². The lowest BCUT2D eigenvalue weighted by Gasteiger charge is -2.30. The van der Waals surface area contributed by atoms with Crippen LogP contribution in [0.15, 0.2) is 12.3 Å². The van der Waals surface area contributed by atoms with E-state index in [9.17, 15) is 4.79 Å². The number of nitrogens with two attached hydrogens (primary N) is 1. The van der Waals surface area contributed by atoms with Crippen molar-refractivity contribution in [2.24, 2.45) is 0 Å². The largest absolute Gasteiger partial charge is 0.383 e. The van der Waals surface area contributed by atoms with Crippen molar-refractivity contribution in [2.75, 3.05) is 12.3 Å². The molecular weight excluding hydrogens is 252 g/mol. The Morgan fingerprint density at radius 1 is 1.44 bits per heavy atom. The number of carbonyl (C=O) groups is 1. The van der Waals surface area contributed by atoms with Crippen molar-refractivity contribution in [3.63, 3.8) is 0 Å². The molecule has 0 aromatic carbocycles. The Hall–Kier alpha value is -1.13. The van der Waals surface area contributed by atoms with Gasteiger partial charge >= 0.3 is 0 Å². The molecular formula is C13H19ClN2O2. The van der Waals surface area contributed by atoms with Gasteiger partial charge in [0.15, 0.2) is 5.78 Å². The van der Waals surface area contributed by atoms with Crippen molar-refractivity contribution in [3.05, 3.63) is 22.8 Å². The Balaban J connectivity index is 3.21. The number of aromatic nitrogens is 1. The topological polar surface area (TPSA) is 65.2 Å². The monoisotopic (exact) mass is 270 g/mol. The van der Waals surface area contributed by atoms with Crippen LogP contribution in [0, 0.1) is 0 Å². The minimum Gasteiger partial charge on any atom is -0.383 e. The lowest BCUT2D eigenvalue weighted by Crippen LogP contribution is -2.41. The average molecular weight is 271 g/mol. The van der Waals surface area contributed by atoms with Crippen molar-refractivity contribution in [3.8, 4) is 0 Å². The van der Waals surface area contributed by atoms with Crippen LogP contribution in [-0.2, 0) is 4.74 Å². The third-order valence-corrected chi connectivity index (χ3v) is 3.31. The van der Waals surface area contributed by atoms with E-state index in [0.29, 0.717) is 30.0 Å². The smallest absolute Gasteiger partial charge is 0.198 e. The zero-order valence-electron chi connectivity index (χ0n) is 11.0. The Kier molecular flexibility index (Phi) is 5.11. The van der Waals surface area contributed by atoms with E-state index in [1.54, 1.807) is 6.07 Å². The first-order valence-electron chi connectivity index (χ1n) is 6.10. The molecule has 18 heavy (non-hydrogen) atoms. The van der Waals surface area contributed by atoms with Gasteiger partial charge in [-0.2, -0.15) is 0 Å². The van der Waals surface area contributed by atoms with Crippen LogP contribution < -0.4 is 5.73 Å². The zero-order chi connectivity index (χ0) is 13.8. The van der Waals surface area contributed by atoms with E-state index >= 15 is 0 Å². The standard InChI is InChI=1S/C13H19ClN2O2/c1-4-13(5-2,18-6-3)11(17)10-7-9(14)8-16-12(10)15/h7-8H,4-6H2,1-3H3,(H2,15,16). The fourth-order valence-electron chi connectivity index (χ4n) is 1.99. The average Bonchev–Trinajstić information content (AvgIpc) is 2.38. The number of ether oxygens (including phenoxy) is 1. The van der Waals surface area contributed by atoms with E-state index in [2.05, 4.69) is 4.98 Å². The van der Waals surface area contributed by atoms with Gasteiger partial charge in [0.05, 0.1) is 10.6 Å².